The molecule has 1 unspecified atom stereocenters. The van der Waals surface area contributed by atoms with E-state index in [2.05, 4.69) is 9.47 Å². The number of urea groups is 1. The van der Waals surface area contributed by atoms with Crippen LogP contribution >= 0.6 is 0 Å². The number of hydrogen-bond donors (Lipinski definition) is 1. The molecule has 0 bridgehead atoms. The number of carbonyl (C=O) groups excluding carboxylic acids is 3. The quantitative estimate of drug-likeness (QED) is 0.668. The lowest BCUT2D eigenvalue weighted by atomic mass is 10.2. The van der Waals surface area contributed by atoms with Crippen molar-refractivity contribution >= 4 is 23.9 Å². The average molecular weight is 302 g/mol. The maximum Gasteiger partial charge on any atom is 0.326 e. The van der Waals surface area contributed by atoms with E-state index in [9.17, 15) is 19.2 Å². The maximum atomic E-state index is 12.3. The summed E-state index contributed by atoms with van der Waals surface area (Å²) in [5.41, 5.74) is 0. The van der Waals surface area contributed by atoms with E-state index in [-0.39, 0.29) is 6.54 Å². The molecule has 1 atom stereocenters. The number of ether oxygens (including phenoxy) is 2. The molecule has 0 aliphatic carbocycles. The predicted molar refractivity (Wildman–Crippen MR) is 68.4 cm³/mol. The maximum absolute atomic E-state index is 12.3. The second kappa shape index (κ2) is 7.46. The Hall–Kier alpha value is -2.32. The van der Waals surface area contributed by atoms with E-state index in [1.54, 1.807) is 0 Å². The molecule has 0 saturated carbocycles. The molecule has 2 amide bonds. The number of aliphatic carboxylic acids is 1. The van der Waals surface area contributed by atoms with Crippen molar-refractivity contribution in [1.82, 2.24) is 9.80 Å². The molecule has 9 heteroatoms. The fourth-order valence-corrected chi connectivity index (χ4v) is 2.07. The van der Waals surface area contributed by atoms with Gasteiger partial charge in [-0.1, -0.05) is 0 Å². The molecule has 9 nitrogen and oxygen atoms in total. The van der Waals surface area contributed by atoms with Crippen molar-refractivity contribution in [2.24, 2.45) is 0 Å². The van der Waals surface area contributed by atoms with Crippen molar-refractivity contribution in [3.05, 3.63) is 0 Å². The summed E-state index contributed by atoms with van der Waals surface area (Å²) in [6.07, 6.45) is 0.887. The van der Waals surface area contributed by atoms with E-state index >= 15 is 0 Å². The Bertz CT molecular complexity index is 419. The van der Waals surface area contributed by atoms with Crippen molar-refractivity contribution in [3.8, 4) is 0 Å². The molecule has 1 saturated heterocycles. The first-order valence-electron chi connectivity index (χ1n) is 6.32. The Morgan fingerprint density at radius 1 is 1.14 bits per heavy atom. The summed E-state index contributed by atoms with van der Waals surface area (Å²) in [4.78, 5) is 48.1. The number of amides is 2. The third-order valence-corrected chi connectivity index (χ3v) is 3.15. The zero-order valence-corrected chi connectivity index (χ0v) is 11.9. The molecule has 1 N–H and O–H groups in total. The van der Waals surface area contributed by atoms with Gasteiger partial charge in [-0.3, -0.25) is 9.59 Å². The molecule has 0 aromatic carbocycles. The number of rotatable bonds is 5. The lowest BCUT2D eigenvalue weighted by Crippen LogP contribution is -2.51. The van der Waals surface area contributed by atoms with E-state index in [0.29, 0.717) is 12.8 Å². The molecule has 118 valence electrons. The smallest absolute Gasteiger partial charge is 0.326 e. The summed E-state index contributed by atoms with van der Waals surface area (Å²) in [6, 6.07) is -1.65. The molecule has 1 heterocycles. The summed E-state index contributed by atoms with van der Waals surface area (Å²) in [6.45, 7) is -0.644. The van der Waals surface area contributed by atoms with Crippen LogP contribution in [0.2, 0.25) is 0 Å². The standard InChI is InChI=1S/C12H18N2O7/c1-20-9(15)6-13(7-10(16)21-2)12(19)14-5-3-4-8(14)11(17)18/h8H,3-7H2,1-2H3,(H,17,18). The van der Waals surface area contributed by atoms with Crippen LogP contribution in [0.5, 0.6) is 0 Å². The van der Waals surface area contributed by atoms with Gasteiger partial charge in [0.2, 0.25) is 0 Å². The molecule has 1 fully saturated rings. The zero-order valence-electron chi connectivity index (χ0n) is 11.9. The van der Waals surface area contributed by atoms with E-state index in [4.69, 9.17) is 5.11 Å². The predicted octanol–water partition coefficient (Wildman–Crippen LogP) is -0.697. The fraction of sp³-hybridized carbons (Fsp3) is 0.667. The highest BCUT2D eigenvalue weighted by Gasteiger charge is 2.37. The number of nitrogens with zero attached hydrogens (tertiary/aromatic N) is 2. The summed E-state index contributed by atoms with van der Waals surface area (Å²) >= 11 is 0. The number of esters is 2. The Kier molecular flexibility index (Phi) is 5.94. The molecule has 1 rings (SSSR count). The van der Waals surface area contributed by atoms with Crippen LogP contribution < -0.4 is 0 Å². The monoisotopic (exact) mass is 302 g/mol. The van der Waals surface area contributed by atoms with E-state index in [1.165, 1.54) is 0 Å². The molecule has 1 aliphatic heterocycles. The van der Waals surface area contributed by atoms with Gasteiger partial charge in [0.25, 0.3) is 0 Å². The van der Waals surface area contributed by atoms with Crippen molar-refractivity contribution in [2.45, 2.75) is 18.9 Å². The van der Waals surface area contributed by atoms with Crippen molar-refractivity contribution in [3.63, 3.8) is 0 Å². The zero-order chi connectivity index (χ0) is 16.0. The Morgan fingerprint density at radius 2 is 1.67 bits per heavy atom. The Morgan fingerprint density at radius 3 is 2.10 bits per heavy atom. The highest BCUT2D eigenvalue weighted by atomic mass is 16.5. The van der Waals surface area contributed by atoms with Gasteiger partial charge in [0.15, 0.2) is 0 Å². The highest BCUT2D eigenvalue weighted by molar-refractivity contribution is 5.88. The lowest BCUT2D eigenvalue weighted by molar-refractivity contribution is -0.144. The van der Waals surface area contributed by atoms with Crippen LogP contribution in [0.3, 0.4) is 0 Å². The number of likely N-dealkylation sites (tertiary alicyclic amines) is 1. The third-order valence-electron chi connectivity index (χ3n) is 3.15. The number of hydrogen-bond acceptors (Lipinski definition) is 6. The van der Waals surface area contributed by atoms with Crippen LogP contribution in [0.25, 0.3) is 0 Å². The van der Waals surface area contributed by atoms with Crippen molar-refractivity contribution in [1.29, 1.82) is 0 Å². The first kappa shape index (κ1) is 16.7. The van der Waals surface area contributed by atoms with Gasteiger partial charge in [0.1, 0.15) is 19.1 Å². The molecule has 1 aliphatic rings. The van der Waals surface area contributed by atoms with Crippen LogP contribution in [-0.2, 0) is 23.9 Å². The first-order chi connectivity index (χ1) is 9.90. The summed E-state index contributed by atoms with van der Waals surface area (Å²) in [5, 5.41) is 9.07. The molecule has 0 aromatic heterocycles. The Labute approximate surface area is 121 Å². The Balaban J connectivity index is 2.85. The van der Waals surface area contributed by atoms with Crippen LogP contribution in [-0.4, -0.2) is 78.7 Å². The minimum Gasteiger partial charge on any atom is -0.480 e. The third kappa shape index (κ3) is 4.33. The van der Waals surface area contributed by atoms with Crippen LogP contribution in [0.1, 0.15) is 12.8 Å². The highest BCUT2D eigenvalue weighted by Crippen LogP contribution is 2.19. The number of methoxy groups -OCH3 is 2. The fourth-order valence-electron chi connectivity index (χ4n) is 2.07. The second-order valence-corrected chi connectivity index (χ2v) is 4.48. The van der Waals surface area contributed by atoms with Crippen LogP contribution in [0.15, 0.2) is 0 Å². The van der Waals surface area contributed by atoms with Gasteiger partial charge in [0.05, 0.1) is 14.2 Å². The minimum absolute atomic E-state index is 0.259. The van der Waals surface area contributed by atoms with Gasteiger partial charge >= 0.3 is 23.9 Å². The van der Waals surface area contributed by atoms with Gasteiger partial charge in [-0.05, 0) is 12.8 Å². The average Bonchev–Trinajstić information content (AvgIpc) is 2.94. The van der Waals surface area contributed by atoms with Crippen LogP contribution in [0, 0.1) is 0 Å². The molecule has 0 spiro atoms. The molecule has 0 aromatic rings. The van der Waals surface area contributed by atoms with Crippen molar-refractivity contribution in [2.75, 3.05) is 33.9 Å². The van der Waals surface area contributed by atoms with Crippen molar-refractivity contribution < 1.29 is 33.8 Å². The molecular formula is C12H18N2O7. The van der Waals surface area contributed by atoms with Gasteiger partial charge in [-0.15, -0.1) is 0 Å². The van der Waals surface area contributed by atoms with E-state index in [0.717, 1.165) is 24.0 Å². The molecular weight excluding hydrogens is 284 g/mol. The van der Waals surface area contributed by atoms with Gasteiger partial charge < -0.3 is 24.4 Å². The summed E-state index contributed by atoms with van der Waals surface area (Å²) in [7, 11) is 2.30. The van der Waals surface area contributed by atoms with Crippen LogP contribution in [0.4, 0.5) is 4.79 Å². The topological polar surface area (TPSA) is 113 Å². The number of carboxylic acids is 1. The lowest BCUT2D eigenvalue weighted by Gasteiger charge is -2.28. The second-order valence-electron chi connectivity index (χ2n) is 4.48. The molecule has 0 radical (unpaired) electrons. The summed E-state index contributed by atoms with van der Waals surface area (Å²) < 4.78 is 8.93. The minimum atomic E-state index is -1.11. The SMILES string of the molecule is COC(=O)CN(CC(=O)OC)C(=O)N1CCCC1C(=O)O. The van der Waals surface area contributed by atoms with Gasteiger partial charge in [-0.2, -0.15) is 0 Å². The van der Waals surface area contributed by atoms with E-state index in [1.807, 2.05) is 0 Å². The van der Waals surface area contributed by atoms with Gasteiger partial charge in [0, 0.05) is 6.54 Å². The first-order valence-corrected chi connectivity index (χ1v) is 6.32. The summed E-state index contributed by atoms with van der Waals surface area (Å²) in [5.74, 6) is -2.53. The van der Waals surface area contributed by atoms with Gasteiger partial charge in [-0.25, -0.2) is 9.59 Å². The largest absolute Gasteiger partial charge is 0.480 e. The number of carboxylic acid groups (broad SMARTS) is 1. The molecule has 21 heavy (non-hydrogen) atoms. The normalized spacial score (nSPS) is 17.2. The van der Waals surface area contributed by atoms with E-state index < -0.39 is 43.1 Å². The number of carbonyl (C=O) groups is 4.